The molecule has 0 spiro atoms. The van der Waals surface area contributed by atoms with Crippen molar-refractivity contribution in [2.24, 2.45) is 0 Å². The van der Waals surface area contributed by atoms with Crippen molar-refractivity contribution in [3.05, 3.63) is 54.3 Å². The summed E-state index contributed by atoms with van der Waals surface area (Å²) in [4.78, 5) is 20.9. The molecular weight excluding hydrogens is 332 g/mol. The van der Waals surface area contributed by atoms with Crippen molar-refractivity contribution in [3.63, 3.8) is 0 Å². The quantitative estimate of drug-likeness (QED) is 0.686. The highest BCUT2D eigenvalue weighted by atomic mass is 16.5. The molecule has 26 heavy (non-hydrogen) atoms. The van der Waals surface area contributed by atoms with Crippen molar-refractivity contribution in [2.45, 2.75) is 25.7 Å². The highest BCUT2D eigenvalue weighted by Gasteiger charge is 2.29. The lowest BCUT2D eigenvalue weighted by atomic mass is 10.2. The van der Waals surface area contributed by atoms with Gasteiger partial charge in [-0.15, -0.1) is 6.58 Å². The lowest BCUT2D eigenvalue weighted by molar-refractivity contribution is 0.0957. The molecule has 4 rings (SSSR count). The Morgan fingerprint density at radius 2 is 2.27 bits per heavy atom. The summed E-state index contributed by atoms with van der Waals surface area (Å²) in [5.41, 5.74) is 1.96. The Morgan fingerprint density at radius 1 is 1.42 bits per heavy atom. The van der Waals surface area contributed by atoms with E-state index in [0.717, 1.165) is 24.2 Å². The summed E-state index contributed by atoms with van der Waals surface area (Å²) in [5.74, 6) is 2.09. The van der Waals surface area contributed by atoms with Crippen LogP contribution in [0.5, 0.6) is 0 Å². The number of nitrogens with zero attached hydrogens (tertiary/aromatic N) is 5. The number of rotatable bonds is 6. The minimum Gasteiger partial charge on any atom is -0.348 e. The Morgan fingerprint density at radius 3 is 2.96 bits per heavy atom. The predicted molar refractivity (Wildman–Crippen MR) is 93.9 cm³/mol. The maximum Gasteiger partial charge on any atom is 0.259 e. The van der Waals surface area contributed by atoms with E-state index in [1.165, 1.54) is 6.20 Å². The highest BCUT2D eigenvalue weighted by Crippen LogP contribution is 2.38. The number of nitrogens with one attached hydrogen (secondary N) is 1. The van der Waals surface area contributed by atoms with E-state index in [9.17, 15) is 4.79 Å². The molecule has 3 aromatic rings. The maximum atomic E-state index is 12.1. The van der Waals surface area contributed by atoms with Crippen LogP contribution in [0, 0.1) is 6.92 Å². The van der Waals surface area contributed by atoms with Gasteiger partial charge in [-0.2, -0.15) is 10.1 Å². The molecule has 8 heteroatoms. The van der Waals surface area contributed by atoms with E-state index in [-0.39, 0.29) is 5.91 Å². The Balaban J connectivity index is 1.55. The van der Waals surface area contributed by atoms with Gasteiger partial charge in [0.05, 0.1) is 23.0 Å². The van der Waals surface area contributed by atoms with E-state index in [4.69, 9.17) is 4.52 Å². The predicted octanol–water partition coefficient (Wildman–Crippen LogP) is 2.42. The zero-order valence-corrected chi connectivity index (χ0v) is 14.3. The normalized spacial score (nSPS) is 13.6. The third-order valence-electron chi connectivity index (χ3n) is 4.26. The van der Waals surface area contributed by atoms with Gasteiger partial charge in [0.25, 0.3) is 11.8 Å². The van der Waals surface area contributed by atoms with E-state index in [2.05, 4.69) is 32.1 Å². The second kappa shape index (κ2) is 6.55. The van der Waals surface area contributed by atoms with Crippen LogP contribution in [0.25, 0.3) is 17.3 Å². The molecule has 1 fully saturated rings. The van der Waals surface area contributed by atoms with Gasteiger partial charge in [-0.05, 0) is 31.9 Å². The van der Waals surface area contributed by atoms with Crippen LogP contribution in [0.4, 0.5) is 0 Å². The average Bonchev–Trinajstić information content (AvgIpc) is 3.26. The first kappa shape index (κ1) is 16.2. The van der Waals surface area contributed by atoms with Crippen LogP contribution in [0.15, 0.2) is 41.7 Å². The van der Waals surface area contributed by atoms with Crippen molar-refractivity contribution >= 4 is 5.91 Å². The molecule has 3 heterocycles. The molecule has 1 aliphatic rings. The van der Waals surface area contributed by atoms with Gasteiger partial charge in [0.2, 0.25) is 0 Å². The van der Waals surface area contributed by atoms with Gasteiger partial charge in [-0.3, -0.25) is 4.79 Å². The Hall–Kier alpha value is -3.29. The van der Waals surface area contributed by atoms with Gasteiger partial charge in [-0.25, -0.2) is 9.67 Å². The van der Waals surface area contributed by atoms with E-state index >= 15 is 0 Å². The largest absolute Gasteiger partial charge is 0.348 e. The van der Waals surface area contributed by atoms with Crippen molar-refractivity contribution in [2.75, 3.05) is 6.54 Å². The number of pyridine rings is 1. The summed E-state index contributed by atoms with van der Waals surface area (Å²) >= 11 is 0. The summed E-state index contributed by atoms with van der Waals surface area (Å²) in [5, 5.41) is 11.0. The molecule has 1 N–H and O–H groups in total. The SMILES string of the molecule is C=CCNC(=O)c1cnn(-c2ccc(-c3nc(C4CC4)no3)cn2)c1C. The zero-order chi connectivity index (χ0) is 18.1. The minimum atomic E-state index is -0.191. The number of hydrogen-bond donors (Lipinski definition) is 1. The monoisotopic (exact) mass is 350 g/mol. The van der Waals surface area contributed by atoms with Crippen LogP contribution in [0.2, 0.25) is 0 Å². The first-order valence-corrected chi connectivity index (χ1v) is 8.41. The number of hydrogen-bond acceptors (Lipinski definition) is 6. The van der Waals surface area contributed by atoms with Crippen molar-refractivity contribution in [1.82, 2.24) is 30.2 Å². The van der Waals surface area contributed by atoms with Gasteiger partial charge in [0.15, 0.2) is 11.6 Å². The fraction of sp³-hybridized carbons (Fsp3) is 0.278. The zero-order valence-electron chi connectivity index (χ0n) is 14.3. The van der Waals surface area contributed by atoms with E-state index < -0.39 is 0 Å². The van der Waals surface area contributed by atoms with Crippen LogP contribution in [0.3, 0.4) is 0 Å². The molecule has 1 aliphatic carbocycles. The Labute approximate surface area is 149 Å². The molecule has 0 atom stereocenters. The molecular formula is C18H18N6O2. The van der Waals surface area contributed by atoms with Crippen LogP contribution < -0.4 is 5.32 Å². The Bertz CT molecular complexity index is 952. The first-order chi connectivity index (χ1) is 12.7. The summed E-state index contributed by atoms with van der Waals surface area (Å²) in [6.45, 7) is 5.82. The average molecular weight is 350 g/mol. The highest BCUT2D eigenvalue weighted by molar-refractivity contribution is 5.95. The van der Waals surface area contributed by atoms with Crippen molar-refractivity contribution in [3.8, 4) is 17.3 Å². The minimum absolute atomic E-state index is 0.191. The molecule has 8 nitrogen and oxygen atoms in total. The molecule has 132 valence electrons. The molecule has 0 aromatic carbocycles. The number of carbonyl (C=O) groups excluding carboxylic acids is 1. The lowest BCUT2D eigenvalue weighted by Crippen LogP contribution is -2.23. The molecule has 0 bridgehead atoms. The molecule has 0 saturated heterocycles. The van der Waals surface area contributed by atoms with E-state index in [1.807, 2.05) is 19.1 Å². The van der Waals surface area contributed by atoms with Gasteiger partial charge in [-0.1, -0.05) is 11.2 Å². The molecule has 1 saturated carbocycles. The second-order valence-electron chi connectivity index (χ2n) is 6.19. The number of amides is 1. The van der Waals surface area contributed by atoms with Crippen LogP contribution in [-0.2, 0) is 0 Å². The Kier molecular flexibility index (Phi) is 4.08. The fourth-order valence-corrected chi connectivity index (χ4v) is 2.62. The molecule has 0 aliphatic heterocycles. The van der Waals surface area contributed by atoms with Crippen LogP contribution in [0.1, 0.15) is 40.6 Å². The second-order valence-corrected chi connectivity index (χ2v) is 6.19. The van der Waals surface area contributed by atoms with E-state index in [1.54, 1.807) is 17.0 Å². The fourth-order valence-electron chi connectivity index (χ4n) is 2.62. The smallest absolute Gasteiger partial charge is 0.259 e. The molecule has 0 unspecified atom stereocenters. The van der Waals surface area contributed by atoms with Crippen molar-refractivity contribution < 1.29 is 9.32 Å². The van der Waals surface area contributed by atoms with Crippen LogP contribution >= 0.6 is 0 Å². The summed E-state index contributed by atoms with van der Waals surface area (Å²) < 4.78 is 6.93. The lowest BCUT2D eigenvalue weighted by Gasteiger charge is -2.05. The summed E-state index contributed by atoms with van der Waals surface area (Å²) in [6.07, 6.45) is 7.07. The van der Waals surface area contributed by atoms with Crippen LogP contribution in [-0.4, -0.2) is 37.4 Å². The summed E-state index contributed by atoms with van der Waals surface area (Å²) in [7, 11) is 0. The molecule has 3 aromatic heterocycles. The molecule has 0 radical (unpaired) electrons. The third-order valence-corrected chi connectivity index (χ3v) is 4.26. The third kappa shape index (κ3) is 3.01. The maximum absolute atomic E-state index is 12.1. The van der Waals surface area contributed by atoms with Gasteiger partial charge >= 0.3 is 0 Å². The van der Waals surface area contributed by atoms with Gasteiger partial charge in [0, 0.05) is 18.7 Å². The van der Waals surface area contributed by atoms with E-state index in [0.29, 0.717) is 35.4 Å². The first-order valence-electron chi connectivity index (χ1n) is 8.41. The number of carbonyl (C=O) groups is 1. The van der Waals surface area contributed by atoms with Gasteiger partial charge < -0.3 is 9.84 Å². The topological polar surface area (TPSA) is 98.7 Å². The standard InChI is InChI=1S/C18H18N6O2/c1-3-8-19-17(25)14-10-21-24(11(14)2)15-7-6-13(9-20-15)18-22-16(23-26-18)12-4-5-12/h3,6-7,9-10,12H,1,4-5,8H2,2H3,(H,19,25). The summed E-state index contributed by atoms with van der Waals surface area (Å²) in [6, 6.07) is 3.66. The molecule has 1 amide bonds. The number of aromatic nitrogens is 5. The van der Waals surface area contributed by atoms with Gasteiger partial charge in [0.1, 0.15) is 0 Å². The van der Waals surface area contributed by atoms with Crippen molar-refractivity contribution in [1.29, 1.82) is 0 Å².